The fourth-order valence-electron chi connectivity index (χ4n) is 1.12. The summed E-state index contributed by atoms with van der Waals surface area (Å²) in [7, 11) is 13.0. The van der Waals surface area contributed by atoms with Crippen molar-refractivity contribution in [3.05, 3.63) is 0 Å². The van der Waals surface area contributed by atoms with E-state index in [1.54, 1.807) is 0 Å². The number of hydrogen-bond acceptors (Lipinski definition) is 0. The molecule has 0 aromatic heterocycles. The van der Waals surface area contributed by atoms with Gasteiger partial charge < -0.3 is 0 Å². The monoisotopic (exact) mass is 392 g/mol. The molecule has 0 aliphatic heterocycles. The minimum absolute atomic E-state index is 0.133. The van der Waals surface area contributed by atoms with Gasteiger partial charge >= 0.3 is 82.8 Å². The molecule has 0 spiro atoms. The molecule has 0 saturated carbocycles. The van der Waals surface area contributed by atoms with Crippen LogP contribution in [0, 0.1) is 0 Å². The molecule has 0 aromatic carbocycles. The molecule has 3 heteroatoms. The van der Waals surface area contributed by atoms with Gasteiger partial charge in [-0.15, -0.1) is 0 Å². The molecule has 0 fully saturated rings. The average molecular weight is 392 g/mol. The van der Waals surface area contributed by atoms with Crippen molar-refractivity contribution >= 4 is 35.4 Å². The van der Waals surface area contributed by atoms with E-state index in [0.29, 0.717) is 0 Å². The third-order valence-corrected chi connectivity index (χ3v) is 36.4. The Morgan fingerprint density at radius 1 is 0.727 bits per heavy atom. The van der Waals surface area contributed by atoms with Crippen LogP contribution in [0.1, 0.15) is 41.5 Å². The summed E-state index contributed by atoms with van der Waals surface area (Å²) in [6, 6.07) is 0. The van der Waals surface area contributed by atoms with Crippen LogP contribution in [-0.2, 0) is 0 Å². The molecule has 68 valence electrons. The normalized spacial score (nSPS) is 15.3. The second-order valence-electron chi connectivity index (χ2n) is 5.07. The van der Waals surface area contributed by atoms with Crippen LogP contribution >= 0.6 is 16.6 Å². The van der Waals surface area contributed by atoms with E-state index in [-0.39, 0.29) is 5.95 Å². The van der Waals surface area contributed by atoms with Crippen LogP contribution in [0.25, 0.3) is 0 Å². The SMILES string of the molecule is C[C](C)(C)[Pb]([Cl])([Cl])[C](C)(C)C. The van der Waals surface area contributed by atoms with E-state index in [9.17, 15) is 0 Å². The van der Waals surface area contributed by atoms with Crippen molar-refractivity contribution in [3.8, 4) is 0 Å². The second-order valence-corrected chi connectivity index (χ2v) is 32.9. The second kappa shape index (κ2) is 3.34. The third kappa shape index (κ3) is 2.73. The molecule has 0 unspecified atom stereocenters. The van der Waals surface area contributed by atoms with E-state index in [2.05, 4.69) is 41.5 Å². The van der Waals surface area contributed by atoms with E-state index in [0.717, 1.165) is 0 Å². The van der Waals surface area contributed by atoms with Gasteiger partial charge in [0.1, 0.15) is 0 Å². The zero-order valence-corrected chi connectivity index (χ0v) is 13.7. The maximum absolute atomic E-state index is 6.48. The average Bonchev–Trinajstić information content (AvgIpc) is 1.58. The predicted octanol–water partition coefficient (Wildman–Crippen LogP) is 4.51. The van der Waals surface area contributed by atoms with Gasteiger partial charge in [-0.25, -0.2) is 0 Å². The van der Waals surface area contributed by atoms with Gasteiger partial charge in [0.2, 0.25) is 0 Å². The molecular formula is C8H18Cl2Pb. The van der Waals surface area contributed by atoms with Crippen molar-refractivity contribution in [2.45, 2.75) is 47.5 Å². The Morgan fingerprint density at radius 3 is 0.909 bits per heavy atom. The molecule has 0 amide bonds. The summed E-state index contributed by atoms with van der Waals surface area (Å²) in [6.45, 7) is 12.9. The first-order valence-electron chi connectivity index (χ1n) is 3.88. The summed E-state index contributed by atoms with van der Waals surface area (Å²) in [4.78, 5) is 0. The van der Waals surface area contributed by atoms with Crippen LogP contribution in [0.3, 0.4) is 0 Å². The Bertz CT molecular complexity index is 123. The molecule has 0 aliphatic carbocycles. The Balaban J connectivity index is 4.75. The topological polar surface area (TPSA) is 0 Å². The van der Waals surface area contributed by atoms with Gasteiger partial charge in [0, 0.05) is 0 Å². The van der Waals surface area contributed by atoms with E-state index in [1.807, 2.05) is 0 Å². The first kappa shape index (κ1) is 12.5. The fraction of sp³-hybridized carbons (Fsp3) is 1.00. The van der Waals surface area contributed by atoms with Crippen molar-refractivity contribution in [2.24, 2.45) is 0 Å². The van der Waals surface area contributed by atoms with E-state index >= 15 is 0 Å². The Morgan fingerprint density at radius 2 is 0.909 bits per heavy atom. The summed E-state index contributed by atoms with van der Waals surface area (Å²) < 4.78 is 0.267. The van der Waals surface area contributed by atoms with Gasteiger partial charge in [0.05, 0.1) is 0 Å². The summed E-state index contributed by atoms with van der Waals surface area (Å²) in [6.07, 6.45) is 0. The van der Waals surface area contributed by atoms with Gasteiger partial charge in [-0.05, 0) is 0 Å². The molecule has 0 bridgehead atoms. The predicted molar refractivity (Wildman–Crippen MR) is 56.9 cm³/mol. The maximum atomic E-state index is 6.48. The van der Waals surface area contributed by atoms with Crippen molar-refractivity contribution < 1.29 is 0 Å². The van der Waals surface area contributed by atoms with Crippen molar-refractivity contribution in [3.63, 3.8) is 0 Å². The Hall–Kier alpha value is 1.50. The fourth-order valence-corrected chi connectivity index (χ4v) is 9.87. The van der Waals surface area contributed by atoms with Crippen molar-refractivity contribution in [1.82, 2.24) is 0 Å². The standard InChI is InChI=1S/2C4H9.2ClH.Pb/c2*1-4(2)3;;;/h2*1-3H3;2*1H;/q;;;;+2/p-2. The molecule has 0 aromatic rings. The Labute approximate surface area is 82.2 Å². The van der Waals surface area contributed by atoms with Crippen LogP contribution < -0.4 is 0 Å². The first-order chi connectivity index (χ1) is 4.50. The number of halogens is 2. The van der Waals surface area contributed by atoms with Crippen LogP contribution in [0.5, 0.6) is 0 Å². The van der Waals surface area contributed by atoms with Gasteiger partial charge in [0.25, 0.3) is 0 Å². The molecule has 0 rings (SSSR count). The molecule has 0 aliphatic rings. The molecule has 0 heterocycles. The quantitative estimate of drug-likeness (QED) is 0.533. The zero-order chi connectivity index (χ0) is 9.50. The summed E-state index contributed by atoms with van der Waals surface area (Å²) in [5, 5.41) is 0. The summed E-state index contributed by atoms with van der Waals surface area (Å²) in [5.74, 6) is 0. The molecule has 0 saturated heterocycles. The van der Waals surface area contributed by atoms with Crippen LogP contribution in [0.15, 0.2) is 0 Å². The molecule has 0 atom stereocenters. The molecule has 11 heavy (non-hydrogen) atoms. The molecular weight excluding hydrogens is 374 g/mol. The van der Waals surface area contributed by atoms with E-state index < -0.39 is 18.7 Å². The summed E-state index contributed by atoms with van der Waals surface area (Å²) in [5.41, 5.74) is 0. The van der Waals surface area contributed by atoms with Crippen molar-refractivity contribution in [1.29, 1.82) is 0 Å². The van der Waals surface area contributed by atoms with Gasteiger partial charge in [-0.1, -0.05) is 0 Å². The molecule has 0 radical (unpaired) electrons. The zero-order valence-electron chi connectivity index (χ0n) is 8.26. The number of rotatable bonds is 0. The molecule has 0 N–H and O–H groups in total. The van der Waals surface area contributed by atoms with E-state index in [1.165, 1.54) is 0 Å². The van der Waals surface area contributed by atoms with Crippen LogP contribution in [0.2, 0.25) is 5.95 Å². The summed E-state index contributed by atoms with van der Waals surface area (Å²) >= 11 is -3.05. The van der Waals surface area contributed by atoms with Crippen LogP contribution in [0.4, 0.5) is 0 Å². The van der Waals surface area contributed by atoms with Crippen molar-refractivity contribution in [2.75, 3.05) is 0 Å². The number of hydrogen-bond donors (Lipinski definition) is 0. The minimum atomic E-state index is -3.05. The Kier molecular flexibility index (Phi) is 3.79. The molecule has 0 nitrogen and oxygen atoms in total. The van der Waals surface area contributed by atoms with Gasteiger partial charge in [0.15, 0.2) is 0 Å². The van der Waals surface area contributed by atoms with E-state index in [4.69, 9.17) is 16.6 Å². The van der Waals surface area contributed by atoms with Gasteiger partial charge in [-0.2, -0.15) is 0 Å². The van der Waals surface area contributed by atoms with Gasteiger partial charge in [-0.3, -0.25) is 0 Å². The third-order valence-electron chi connectivity index (χ3n) is 1.88. The van der Waals surface area contributed by atoms with Crippen LogP contribution in [-0.4, -0.2) is 18.7 Å². The first-order valence-corrected chi connectivity index (χ1v) is 17.3.